The Morgan fingerprint density at radius 2 is 1.88 bits per heavy atom. The van der Waals surface area contributed by atoms with Crippen molar-refractivity contribution in [3.8, 4) is 0 Å². The molecule has 2 aromatic carbocycles. The molecule has 208 valence electrons. The Morgan fingerprint density at radius 3 is 2.67 bits per heavy atom. The van der Waals surface area contributed by atoms with Crippen LogP contribution in [0.25, 0.3) is 21.9 Å². The molecule has 0 radical (unpaired) electrons. The number of fused-ring (bicyclic) bond motifs is 4. The third-order valence-corrected chi connectivity index (χ3v) is 8.30. The van der Waals surface area contributed by atoms with Crippen LogP contribution in [0.4, 0.5) is 4.79 Å². The highest BCUT2D eigenvalue weighted by Crippen LogP contribution is 2.28. The van der Waals surface area contributed by atoms with Gasteiger partial charge in [-0.1, -0.05) is 36.4 Å². The topological polar surface area (TPSA) is 109 Å². The molecule has 2 N–H and O–H groups in total. The number of aryl methyl sites for hydroxylation is 2. The predicted octanol–water partition coefficient (Wildman–Crippen LogP) is 4.28. The highest BCUT2D eigenvalue weighted by atomic mass is 16.5. The van der Waals surface area contributed by atoms with Gasteiger partial charge in [0.2, 0.25) is 0 Å². The zero-order chi connectivity index (χ0) is 27.6. The van der Waals surface area contributed by atoms with Gasteiger partial charge in [-0.05, 0) is 68.2 Å². The molecule has 2 amide bonds. The van der Waals surface area contributed by atoms with Crippen LogP contribution in [0.3, 0.4) is 0 Å². The number of aromatic amines is 1. The van der Waals surface area contributed by atoms with E-state index in [9.17, 15) is 14.4 Å². The molecule has 1 aliphatic heterocycles. The second-order valence-electron chi connectivity index (χ2n) is 10.8. The van der Waals surface area contributed by atoms with Crippen LogP contribution >= 0.6 is 0 Å². The van der Waals surface area contributed by atoms with Crippen LogP contribution in [0.2, 0.25) is 0 Å². The number of esters is 1. The van der Waals surface area contributed by atoms with Gasteiger partial charge < -0.3 is 19.9 Å². The van der Waals surface area contributed by atoms with Crippen LogP contribution in [0.15, 0.2) is 53.5 Å². The number of imidazole rings is 1. The molecule has 0 saturated carbocycles. The van der Waals surface area contributed by atoms with E-state index in [0.717, 1.165) is 40.3 Å². The summed E-state index contributed by atoms with van der Waals surface area (Å²) in [5, 5.41) is 3.85. The Labute approximate surface area is 232 Å². The number of likely N-dealkylation sites (tertiary alicyclic amines) is 1. The van der Waals surface area contributed by atoms with E-state index < -0.39 is 12.0 Å². The summed E-state index contributed by atoms with van der Waals surface area (Å²) in [7, 11) is 0. The SMILES string of the molecule is CCOC(=O)C(Cc1ccc2c(c1)CCCC2)NC(=O)N1CCC(n2c(=O)[nH]c3c4ccccc4ncc32)CC1. The molecular formula is C31H35N5O4. The van der Waals surface area contributed by atoms with Gasteiger partial charge in [0, 0.05) is 30.9 Å². The first-order valence-corrected chi connectivity index (χ1v) is 14.3. The number of nitrogens with zero attached hydrogens (tertiary/aromatic N) is 3. The molecule has 2 aliphatic rings. The lowest BCUT2D eigenvalue weighted by Crippen LogP contribution is -2.51. The molecule has 3 heterocycles. The summed E-state index contributed by atoms with van der Waals surface area (Å²) < 4.78 is 7.09. The van der Waals surface area contributed by atoms with E-state index in [1.807, 2.05) is 24.3 Å². The lowest BCUT2D eigenvalue weighted by atomic mass is 9.89. The average Bonchev–Trinajstić information content (AvgIpc) is 3.33. The van der Waals surface area contributed by atoms with Crippen molar-refractivity contribution in [3.05, 3.63) is 75.8 Å². The molecule has 1 aliphatic carbocycles. The quantitative estimate of drug-likeness (QED) is 0.354. The highest BCUT2D eigenvalue weighted by molar-refractivity contribution is 6.01. The first kappa shape index (κ1) is 26.1. The number of H-pyrrole nitrogens is 1. The maximum Gasteiger partial charge on any atom is 0.329 e. The third-order valence-electron chi connectivity index (χ3n) is 8.30. The predicted molar refractivity (Wildman–Crippen MR) is 153 cm³/mol. The summed E-state index contributed by atoms with van der Waals surface area (Å²) in [6, 6.07) is 13.0. The van der Waals surface area contributed by atoms with Crippen LogP contribution in [0.5, 0.6) is 0 Å². The lowest BCUT2D eigenvalue weighted by molar-refractivity contribution is -0.145. The summed E-state index contributed by atoms with van der Waals surface area (Å²) in [5.41, 5.74) is 5.99. The maximum atomic E-state index is 13.3. The number of pyridine rings is 1. The molecule has 40 heavy (non-hydrogen) atoms. The van der Waals surface area contributed by atoms with Gasteiger partial charge in [0.15, 0.2) is 0 Å². The molecule has 1 saturated heterocycles. The number of hydrogen-bond acceptors (Lipinski definition) is 5. The van der Waals surface area contributed by atoms with Crippen LogP contribution in [0.1, 0.15) is 55.3 Å². The number of benzene rings is 2. The van der Waals surface area contributed by atoms with Crippen LogP contribution < -0.4 is 11.0 Å². The van der Waals surface area contributed by atoms with Crippen molar-refractivity contribution in [1.82, 2.24) is 24.8 Å². The van der Waals surface area contributed by atoms with Crippen LogP contribution in [-0.2, 0) is 28.8 Å². The number of hydrogen-bond donors (Lipinski definition) is 2. The molecule has 4 aromatic rings. The molecule has 6 rings (SSSR count). The summed E-state index contributed by atoms with van der Waals surface area (Å²) in [5.74, 6) is -0.423. The minimum Gasteiger partial charge on any atom is -0.464 e. The van der Waals surface area contributed by atoms with E-state index in [2.05, 4.69) is 33.5 Å². The standard InChI is InChI=1S/C31H35N5O4/c1-2-40-29(37)26(18-20-11-12-21-7-3-4-8-22(21)17-20)33-30(38)35-15-13-23(14-16-35)36-27-19-32-25-10-6-5-9-24(25)28(27)34-31(36)39/h5-6,9-12,17,19,23,26H,2-4,7-8,13-16,18H2,1H3,(H,33,38)(H,34,39). The fraction of sp³-hybridized carbons (Fsp3) is 0.419. The van der Waals surface area contributed by atoms with Crippen molar-refractivity contribution in [3.63, 3.8) is 0 Å². The van der Waals surface area contributed by atoms with Crippen molar-refractivity contribution in [2.24, 2.45) is 0 Å². The maximum absolute atomic E-state index is 13.3. The number of urea groups is 1. The van der Waals surface area contributed by atoms with Gasteiger partial charge >= 0.3 is 17.7 Å². The smallest absolute Gasteiger partial charge is 0.329 e. The number of rotatable bonds is 6. The normalized spacial score (nSPS) is 16.6. The number of carbonyl (C=O) groups excluding carboxylic acids is 2. The fourth-order valence-electron chi connectivity index (χ4n) is 6.24. The first-order valence-electron chi connectivity index (χ1n) is 14.3. The second-order valence-corrected chi connectivity index (χ2v) is 10.8. The molecule has 9 heteroatoms. The zero-order valence-corrected chi connectivity index (χ0v) is 22.8. The van der Waals surface area contributed by atoms with Crippen molar-refractivity contribution in [2.75, 3.05) is 19.7 Å². The number of amides is 2. The van der Waals surface area contributed by atoms with Gasteiger partial charge in [-0.3, -0.25) is 9.55 Å². The Morgan fingerprint density at radius 1 is 1.10 bits per heavy atom. The van der Waals surface area contributed by atoms with Gasteiger partial charge in [0.05, 0.1) is 29.4 Å². The molecular weight excluding hydrogens is 506 g/mol. The Kier molecular flexibility index (Phi) is 7.28. The van der Waals surface area contributed by atoms with Gasteiger partial charge in [-0.15, -0.1) is 0 Å². The molecule has 2 aromatic heterocycles. The van der Waals surface area contributed by atoms with Crippen LogP contribution in [0, 0.1) is 0 Å². The minimum atomic E-state index is -0.762. The third kappa shape index (κ3) is 5.08. The molecule has 1 fully saturated rings. The lowest BCUT2D eigenvalue weighted by Gasteiger charge is -2.33. The molecule has 0 bridgehead atoms. The Hall–Kier alpha value is -4.14. The van der Waals surface area contributed by atoms with E-state index in [1.54, 1.807) is 22.6 Å². The molecule has 1 unspecified atom stereocenters. The largest absolute Gasteiger partial charge is 0.464 e. The molecule has 9 nitrogen and oxygen atoms in total. The van der Waals surface area contributed by atoms with Gasteiger partial charge in [0.25, 0.3) is 0 Å². The van der Waals surface area contributed by atoms with Gasteiger partial charge in [-0.25, -0.2) is 14.4 Å². The summed E-state index contributed by atoms with van der Waals surface area (Å²) >= 11 is 0. The van der Waals surface area contributed by atoms with Crippen LogP contribution in [-0.4, -0.2) is 57.2 Å². The fourth-order valence-corrected chi connectivity index (χ4v) is 6.24. The first-order chi connectivity index (χ1) is 19.5. The van der Waals surface area contributed by atoms with Crippen molar-refractivity contribution < 1.29 is 14.3 Å². The summed E-state index contributed by atoms with van der Waals surface area (Å²) in [4.78, 5) is 48.4. The van der Waals surface area contributed by atoms with Crippen molar-refractivity contribution >= 4 is 33.9 Å². The summed E-state index contributed by atoms with van der Waals surface area (Å²) in [6.45, 7) is 2.98. The average molecular weight is 542 g/mol. The van der Waals surface area contributed by atoms with Gasteiger partial charge in [0.1, 0.15) is 6.04 Å². The molecule has 0 spiro atoms. The summed E-state index contributed by atoms with van der Waals surface area (Å²) in [6.07, 6.45) is 7.95. The zero-order valence-electron chi connectivity index (χ0n) is 22.8. The Balaban J connectivity index is 1.14. The number of para-hydroxylation sites is 1. The number of carbonyl (C=O) groups is 2. The highest BCUT2D eigenvalue weighted by Gasteiger charge is 2.30. The second kappa shape index (κ2) is 11.2. The van der Waals surface area contributed by atoms with Crippen molar-refractivity contribution in [2.45, 2.75) is 64.0 Å². The number of piperidine rings is 1. The van der Waals surface area contributed by atoms with E-state index in [4.69, 9.17) is 4.74 Å². The van der Waals surface area contributed by atoms with Crippen molar-refractivity contribution in [1.29, 1.82) is 0 Å². The van der Waals surface area contributed by atoms with E-state index in [-0.39, 0.29) is 24.4 Å². The number of nitrogens with one attached hydrogen (secondary N) is 2. The molecule has 1 atom stereocenters. The van der Waals surface area contributed by atoms with E-state index >= 15 is 0 Å². The monoisotopic (exact) mass is 541 g/mol. The number of ether oxygens (including phenoxy) is 1. The van der Waals surface area contributed by atoms with E-state index in [1.165, 1.54) is 24.0 Å². The van der Waals surface area contributed by atoms with E-state index in [0.29, 0.717) is 32.4 Å². The minimum absolute atomic E-state index is 0.0513. The Bertz CT molecular complexity index is 1620. The van der Waals surface area contributed by atoms with Gasteiger partial charge in [-0.2, -0.15) is 0 Å². The number of aromatic nitrogens is 3.